The zero-order valence-electron chi connectivity index (χ0n) is 14.2. The largest absolute Gasteiger partial charge is 0.356 e. The van der Waals surface area contributed by atoms with Gasteiger partial charge < -0.3 is 5.32 Å². The van der Waals surface area contributed by atoms with Crippen LogP contribution in [0.5, 0.6) is 0 Å². The zero-order valence-corrected chi connectivity index (χ0v) is 15.7. The molecule has 1 heterocycles. The minimum Gasteiger partial charge on any atom is -0.356 e. The van der Waals surface area contributed by atoms with Gasteiger partial charge in [-0.1, -0.05) is 53.5 Å². The van der Waals surface area contributed by atoms with Gasteiger partial charge in [0.1, 0.15) is 0 Å². The number of hydrogen-bond acceptors (Lipinski definition) is 2. The maximum absolute atomic E-state index is 12.0. The third-order valence-corrected chi connectivity index (χ3v) is 4.90. The summed E-state index contributed by atoms with van der Waals surface area (Å²) < 4.78 is 1.81. The van der Waals surface area contributed by atoms with Gasteiger partial charge in [0.25, 0.3) is 0 Å². The average Bonchev–Trinajstić information content (AvgIpc) is 3.13. The van der Waals surface area contributed by atoms with Crippen molar-refractivity contribution in [2.75, 3.05) is 6.54 Å². The van der Waals surface area contributed by atoms with E-state index in [0.29, 0.717) is 35.9 Å². The first-order valence-electron chi connectivity index (χ1n) is 8.42. The quantitative estimate of drug-likeness (QED) is 0.649. The Morgan fingerprint density at radius 2 is 1.85 bits per heavy atom. The van der Waals surface area contributed by atoms with Crippen molar-refractivity contribution in [3.63, 3.8) is 0 Å². The van der Waals surface area contributed by atoms with Crippen molar-refractivity contribution in [1.82, 2.24) is 15.1 Å². The molecule has 0 fully saturated rings. The van der Waals surface area contributed by atoms with Gasteiger partial charge in [0.2, 0.25) is 5.91 Å². The molecule has 0 spiro atoms. The molecule has 0 aliphatic heterocycles. The molecule has 1 N–H and O–H groups in total. The zero-order chi connectivity index (χ0) is 18.4. The highest BCUT2D eigenvalue weighted by Gasteiger charge is 2.07. The molecule has 3 rings (SSSR count). The summed E-state index contributed by atoms with van der Waals surface area (Å²) in [6.45, 7) is 0.530. The number of benzene rings is 2. The molecule has 6 heteroatoms. The lowest BCUT2D eigenvalue weighted by Crippen LogP contribution is -2.25. The summed E-state index contributed by atoms with van der Waals surface area (Å²) in [6.07, 6.45) is 5.47. The molecule has 0 aliphatic rings. The van der Waals surface area contributed by atoms with Gasteiger partial charge in [-0.2, -0.15) is 5.10 Å². The van der Waals surface area contributed by atoms with Crippen molar-refractivity contribution >= 4 is 29.1 Å². The Morgan fingerprint density at radius 3 is 2.65 bits per heavy atom. The van der Waals surface area contributed by atoms with Crippen molar-refractivity contribution in [3.8, 4) is 5.69 Å². The molecule has 0 aliphatic carbocycles. The van der Waals surface area contributed by atoms with E-state index in [1.165, 1.54) is 0 Å². The molecule has 0 unspecified atom stereocenters. The molecule has 26 heavy (non-hydrogen) atoms. The number of amides is 1. The minimum atomic E-state index is 0.00983. The lowest BCUT2D eigenvalue weighted by atomic mass is 10.1. The second-order valence-electron chi connectivity index (χ2n) is 5.94. The highest BCUT2D eigenvalue weighted by Crippen LogP contribution is 2.25. The van der Waals surface area contributed by atoms with Crippen molar-refractivity contribution in [1.29, 1.82) is 0 Å². The van der Waals surface area contributed by atoms with Gasteiger partial charge in [-0.15, -0.1) is 0 Å². The van der Waals surface area contributed by atoms with Crippen LogP contribution in [-0.4, -0.2) is 22.2 Å². The summed E-state index contributed by atoms with van der Waals surface area (Å²) in [7, 11) is 0. The van der Waals surface area contributed by atoms with Gasteiger partial charge in [-0.25, -0.2) is 4.68 Å². The van der Waals surface area contributed by atoms with Crippen LogP contribution in [0.2, 0.25) is 10.0 Å². The Hall–Kier alpha value is -2.30. The van der Waals surface area contributed by atoms with Crippen LogP contribution in [0.4, 0.5) is 0 Å². The van der Waals surface area contributed by atoms with Gasteiger partial charge >= 0.3 is 0 Å². The Morgan fingerprint density at radius 1 is 1.04 bits per heavy atom. The van der Waals surface area contributed by atoms with Gasteiger partial charge in [0.15, 0.2) is 0 Å². The van der Waals surface area contributed by atoms with E-state index in [9.17, 15) is 4.79 Å². The summed E-state index contributed by atoms with van der Waals surface area (Å²) in [5.41, 5.74) is 2.96. The molecule has 0 bridgehead atoms. The summed E-state index contributed by atoms with van der Waals surface area (Å²) in [6, 6.07) is 15.4. The van der Waals surface area contributed by atoms with Crippen molar-refractivity contribution in [3.05, 3.63) is 82.1 Å². The molecular formula is C20H19Cl2N3O. The summed E-state index contributed by atoms with van der Waals surface area (Å²) in [4.78, 5) is 12.0. The Balaban J connectivity index is 1.44. The third kappa shape index (κ3) is 4.87. The maximum Gasteiger partial charge on any atom is 0.220 e. The second kappa shape index (κ2) is 8.88. The van der Waals surface area contributed by atoms with Crippen LogP contribution < -0.4 is 5.32 Å². The number of rotatable bonds is 7. The number of para-hydroxylation sites is 1. The van der Waals surface area contributed by atoms with Gasteiger partial charge in [-0.3, -0.25) is 4.79 Å². The molecule has 1 aromatic heterocycles. The third-order valence-electron chi connectivity index (χ3n) is 4.05. The van der Waals surface area contributed by atoms with E-state index >= 15 is 0 Å². The normalized spacial score (nSPS) is 10.7. The van der Waals surface area contributed by atoms with E-state index in [-0.39, 0.29) is 5.91 Å². The molecule has 0 atom stereocenters. The number of aryl methyl sites for hydroxylation is 1. The first kappa shape index (κ1) is 18.5. The first-order chi connectivity index (χ1) is 12.6. The predicted molar refractivity (Wildman–Crippen MR) is 105 cm³/mol. The molecular weight excluding hydrogens is 369 g/mol. The fourth-order valence-corrected chi connectivity index (χ4v) is 3.05. The Kier molecular flexibility index (Phi) is 6.31. The lowest BCUT2D eigenvalue weighted by molar-refractivity contribution is -0.121. The highest BCUT2D eigenvalue weighted by molar-refractivity contribution is 6.42. The van der Waals surface area contributed by atoms with Crippen molar-refractivity contribution < 1.29 is 4.79 Å². The standard InChI is InChI=1S/C20H19Cl2N3O/c21-18-8-4-5-16(20(18)22)11-12-23-19(26)10-9-15-13-24-25(14-15)17-6-2-1-3-7-17/h1-8,13-14H,9-12H2,(H,23,26). The fourth-order valence-electron chi connectivity index (χ4n) is 2.64. The predicted octanol–water partition coefficient (Wildman–Crippen LogP) is 4.47. The van der Waals surface area contributed by atoms with Crippen LogP contribution in [0.15, 0.2) is 60.9 Å². The highest BCUT2D eigenvalue weighted by atomic mass is 35.5. The van der Waals surface area contributed by atoms with Crippen LogP contribution >= 0.6 is 23.2 Å². The topological polar surface area (TPSA) is 46.9 Å². The average molecular weight is 388 g/mol. The fraction of sp³-hybridized carbons (Fsp3) is 0.200. The van der Waals surface area contributed by atoms with E-state index in [4.69, 9.17) is 23.2 Å². The van der Waals surface area contributed by atoms with Gasteiger partial charge in [0.05, 0.1) is 21.9 Å². The minimum absolute atomic E-state index is 0.00983. The number of halogens is 2. The Labute approximate surface area is 162 Å². The number of nitrogens with zero attached hydrogens (tertiary/aromatic N) is 2. The van der Waals surface area contributed by atoms with Crippen LogP contribution in [0.1, 0.15) is 17.5 Å². The van der Waals surface area contributed by atoms with Crippen molar-refractivity contribution in [2.45, 2.75) is 19.3 Å². The smallest absolute Gasteiger partial charge is 0.220 e. The number of carbonyl (C=O) groups is 1. The van der Waals surface area contributed by atoms with Crippen LogP contribution in [0.3, 0.4) is 0 Å². The lowest BCUT2D eigenvalue weighted by Gasteiger charge is -2.07. The SMILES string of the molecule is O=C(CCc1cnn(-c2ccccc2)c1)NCCc1cccc(Cl)c1Cl. The van der Waals surface area contributed by atoms with Crippen LogP contribution in [-0.2, 0) is 17.6 Å². The molecule has 0 saturated heterocycles. The molecule has 0 saturated carbocycles. The van der Waals surface area contributed by atoms with Crippen LogP contribution in [0.25, 0.3) is 5.69 Å². The van der Waals surface area contributed by atoms with Crippen molar-refractivity contribution in [2.24, 2.45) is 0 Å². The maximum atomic E-state index is 12.0. The van der Waals surface area contributed by atoms with E-state index in [1.54, 1.807) is 12.3 Å². The molecule has 134 valence electrons. The monoisotopic (exact) mass is 387 g/mol. The van der Waals surface area contributed by atoms with E-state index in [0.717, 1.165) is 16.8 Å². The molecule has 0 radical (unpaired) electrons. The number of aromatic nitrogens is 2. The summed E-state index contributed by atoms with van der Waals surface area (Å²) >= 11 is 12.1. The van der Waals surface area contributed by atoms with Crippen LogP contribution in [0, 0.1) is 0 Å². The Bertz CT molecular complexity index is 878. The second-order valence-corrected chi connectivity index (χ2v) is 6.73. The number of nitrogens with one attached hydrogen (secondary N) is 1. The molecule has 3 aromatic rings. The first-order valence-corrected chi connectivity index (χ1v) is 9.17. The molecule has 1 amide bonds. The van der Waals surface area contributed by atoms with E-state index < -0.39 is 0 Å². The molecule has 2 aromatic carbocycles. The molecule has 4 nitrogen and oxygen atoms in total. The van der Waals surface area contributed by atoms with E-state index in [2.05, 4.69) is 10.4 Å². The summed E-state index contributed by atoms with van der Waals surface area (Å²) in [5, 5.41) is 8.35. The van der Waals surface area contributed by atoms with Gasteiger partial charge in [0, 0.05) is 19.2 Å². The van der Waals surface area contributed by atoms with Gasteiger partial charge in [-0.05, 0) is 42.2 Å². The number of carbonyl (C=O) groups excluding carboxylic acids is 1. The van der Waals surface area contributed by atoms with E-state index in [1.807, 2.05) is 53.3 Å². The number of hydrogen-bond donors (Lipinski definition) is 1. The summed E-state index contributed by atoms with van der Waals surface area (Å²) in [5.74, 6) is 0.00983.